The third kappa shape index (κ3) is 17.1. The summed E-state index contributed by atoms with van der Waals surface area (Å²) in [6.45, 7) is 4.03. The average Bonchev–Trinajstić information content (AvgIpc) is 2.39. The lowest BCUT2D eigenvalue weighted by molar-refractivity contribution is -0.00506. The molecule has 0 saturated heterocycles. The van der Waals surface area contributed by atoms with Gasteiger partial charge < -0.3 is 35.1 Å². The standard InChI is InChI=1S/C11H24N2O6/c12-11(15)13-1-3-16-5-7-18-9-10-19-8-6-17-4-2-14/h14H,1-10H2,(H3,12,13,15). The highest BCUT2D eigenvalue weighted by Gasteiger charge is 1.93. The topological polar surface area (TPSA) is 112 Å². The number of nitrogens with one attached hydrogen (secondary N) is 1. The summed E-state index contributed by atoms with van der Waals surface area (Å²) in [4.78, 5) is 10.3. The summed E-state index contributed by atoms with van der Waals surface area (Å²) >= 11 is 0. The number of aliphatic hydroxyl groups excluding tert-OH is 1. The normalized spacial score (nSPS) is 10.6. The smallest absolute Gasteiger partial charge is 0.312 e. The first kappa shape index (κ1) is 18.1. The molecular weight excluding hydrogens is 256 g/mol. The number of primary amides is 1. The molecular formula is C11H24N2O6. The van der Waals surface area contributed by atoms with Gasteiger partial charge in [-0.1, -0.05) is 0 Å². The molecule has 0 heterocycles. The molecule has 0 aromatic rings. The van der Waals surface area contributed by atoms with Gasteiger partial charge in [-0.25, -0.2) is 4.79 Å². The number of amides is 2. The highest BCUT2D eigenvalue weighted by atomic mass is 16.6. The van der Waals surface area contributed by atoms with Gasteiger partial charge in [0.25, 0.3) is 0 Å². The van der Waals surface area contributed by atoms with Crippen molar-refractivity contribution in [1.82, 2.24) is 5.32 Å². The molecule has 0 radical (unpaired) electrons. The maximum Gasteiger partial charge on any atom is 0.312 e. The quantitative estimate of drug-likeness (QED) is 0.341. The van der Waals surface area contributed by atoms with Crippen molar-refractivity contribution in [2.75, 3.05) is 66.0 Å². The van der Waals surface area contributed by atoms with Crippen molar-refractivity contribution >= 4 is 6.03 Å². The zero-order valence-electron chi connectivity index (χ0n) is 11.1. The van der Waals surface area contributed by atoms with Crippen molar-refractivity contribution < 1.29 is 28.8 Å². The molecule has 0 rings (SSSR count). The second kappa shape index (κ2) is 15.1. The Balaban J connectivity index is 2.93. The first-order chi connectivity index (χ1) is 9.27. The van der Waals surface area contributed by atoms with Gasteiger partial charge in [0.1, 0.15) is 0 Å². The molecule has 0 aromatic heterocycles. The Hall–Kier alpha value is -0.930. The molecule has 0 aliphatic heterocycles. The minimum atomic E-state index is -0.556. The van der Waals surface area contributed by atoms with Crippen molar-refractivity contribution in [1.29, 1.82) is 0 Å². The minimum absolute atomic E-state index is 0.0259. The predicted octanol–water partition coefficient (Wildman–Crippen LogP) is -1.29. The van der Waals surface area contributed by atoms with Crippen LogP contribution in [0.15, 0.2) is 0 Å². The van der Waals surface area contributed by atoms with Gasteiger partial charge >= 0.3 is 6.03 Å². The molecule has 8 nitrogen and oxygen atoms in total. The lowest BCUT2D eigenvalue weighted by atomic mass is 10.6. The third-order valence-electron chi connectivity index (χ3n) is 1.90. The Morgan fingerprint density at radius 1 is 0.842 bits per heavy atom. The average molecular weight is 280 g/mol. The van der Waals surface area contributed by atoms with E-state index in [2.05, 4.69) is 5.32 Å². The second-order valence-electron chi connectivity index (χ2n) is 3.46. The summed E-state index contributed by atoms with van der Waals surface area (Å²) in [6.07, 6.45) is 0. The fourth-order valence-corrected chi connectivity index (χ4v) is 1.07. The van der Waals surface area contributed by atoms with E-state index >= 15 is 0 Å². The van der Waals surface area contributed by atoms with E-state index in [-0.39, 0.29) is 6.61 Å². The number of carbonyl (C=O) groups excluding carboxylic acids is 1. The fourth-order valence-electron chi connectivity index (χ4n) is 1.07. The largest absolute Gasteiger partial charge is 0.394 e. The van der Waals surface area contributed by atoms with Crippen LogP contribution in [0, 0.1) is 0 Å². The first-order valence-electron chi connectivity index (χ1n) is 6.22. The van der Waals surface area contributed by atoms with Gasteiger partial charge in [0.15, 0.2) is 0 Å². The highest BCUT2D eigenvalue weighted by molar-refractivity contribution is 5.71. The zero-order valence-corrected chi connectivity index (χ0v) is 11.1. The van der Waals surface area contributed by atoms with Crippen molar-refractivity contribution in [3.05, 3.63) is 0 Å². The molecule has 8 heteroatoms. The maximum atomic E-state index is 10.3. The lowest BCUT2D eigenvalue weighted by Gasteiger charge is -2.07. The van der Waals surface area contributed by atoms with E-state index in [0.717, 1.165) is 0 Å². The minimum Gasteiger partial charge on any atom is -0.394 e. The van der Waals surface area contributed by atoms with Crippen LogP contribution in [0.4, 0.5) is 4.79 Å². The molecule has 2 amide bonds. The lowest BCUT2D eigenvalue weighted by Crippen LogP contribution is -2.32. The monoisotopic (exact) mass is 280 g/mol. The number of aliphatic hydroxyl groups is 1. The summed E-state index contributed by atoms with van der Waals surface area (Å²) in [7, 11) is 0. The first-order valence-corrected chi connectivity index (χ1v) is 6.22. The summed E-state index contributed by atoms with van der Waals surface area (Å²) < 4.78 is 20.6. The van der Waals surface area contributed by atoms with Crippen molar-refractivity contribution in [3.63, 3.8) is 0 Å². The van der Waals surface area contributed by atoms with Crippen LogP contribution in [0.5, 0.6) is 0 Å². The molecule has 0 saturated carbocycles. The molecule has 0 fully saturated rings. The van der Waals surface area contributed by atoms with Gasteiger partial charge in [-0.2, -0.15) is 0 Å². The van der Waals surface area contributed by atoms with Gasteiger partial charge in [0, 0.05) is 6.54 Å². The second-order valence-corrected chi connectivity index (χ2v) is 3.46. The molecule has 0 aromatic carbocycles. The van der Waals surface area contributed by atoms with E-state index in [0.29, 0.717) is 59.4 Å². The summed E-state index contributed by atoms with van der Waals surface area (Å²) in [5.74, 6) is 0. The Morgan fingerprint density at radius 3 is 1.68 bits per heavy atom. The van der Waals surface area contributed by atoms with Gasteiger partial charge in [0.2, 0.25) is 0 Å². The summed E-state index contributed by atoms with van der Waals surface area (Å²) in [5.41, 5.74) is 4.87. The van der Waals surface area contributed by atoms with E-state index in [1.807, 2.05) is 0 Å². The van der Waals surface area contributed by atoms with Crippen LogP contribution in [0.2, 0.25) is 0 Å². The van der Waals surface area contributed by atoms with Crippen LogP contribution in [0.1, 0.15) is 0 Å². The molecule has 0 spiro atoms. The number of ether oxygens (including phenoxy) is 4. The summed E-state index contributed by atoms with van der Waals surface area (Å²) in [5, 5.41) is 10.9. The van der Waals surface area contributed by atoms with E-state index in [4.69, 9.17) is 29.8 Å². The number of carbonyl (C=O) groups is 1. The van der Waals surface area contributed by atoms with Crippen molar-refractivity contribution in [2.45, 2.75) is 0 Å². The highest BCUT2D eigenvalue weighted by Crippen LogP contribution is 1.82. The molecule has 0 bridgehead atoms. The molecule has 114 valence electrons. The van der Waals surface area contributed by atoms with Crippen LogP contribution in [0.25, 0.3) is 0 Å². The Bertz CT molecular complexity index is 206. The Labute approximate surface area is 113 Å². The van der Waals surface area contributed by atoms with E-state index in [1.54, 1.807) is 0 Å². The Kier molecular flexibility index (Phi) is 14.4. The van der Waals surface area contributed by atoms with Crippen LogP contribution in [0.3, 0.4) is 0 Å². The fraction of sp³-hybridized carbons (Fsp3) is 0.909. The van der Waals surface area contributed by atoms with Crippen LogP contribution in [-0.2, 0) is 18.9 Å². The van der Waals surface area contributed by atoms with Crippen molar-refractivity contribution in [3.8, 4) is 0 Å². The molecule has 4 N–H and O–H groups in total. The number of hydrogen-bond donors (Lipinski definition) is 3. The SMILES string of the molecule is NC(=O)NCCOCCOCCOCCOCCO. The van der Waals surface area contributed by atoms with Gasteiger partial charge in [0.05, 0.1) is 59.5 Å². The number of hydrogen-bond acceptors (Lipinski definition) is 6. The van der Waals surface area contributed by atoms with Gasteiger partial charge in [-0.3, -0.25) is 0 Å². The summed E-state index contributed by atoms with van der Waals surface area (Å²) in [6, 6.07) is -0.556. The van der Waals surface area contributed by atoms with Crippen LogP contribution < -0.4 is 11.1 Å². The molecule has 0 unspecified atom stereocenters. The van der Waals surface area contributed by atoms with Crippen molar-refractivity contribution in [2.24, 2.45) is 5.73 Å². The molecule has 0 aliphatic rings. The number of rotatable bonds is 14. The number of nitrogens with two attached hydrogens (primary N) is 1. The van der Waals surface area contributed by atoms with Gasteiger partial charge in [-0.15, -0.1) is 0 Å². The Morgan fingerprint density at radius 2 is 1.26 bits per heavy atom. The molecule has 19 heavy (non-hydrogen) atoms. The number of urea groups is 1. The molecule has 0 atom stereocenters. The zero-order chi connectivity index (χ0) is 14.2. The third-order valence-corrected chi connectivity index (χ3v) is 1.90. The van der Waals surface area contributed by atoms with E-state index in [9.17, 15) is 4.79 Å². The predicted molar refractivity (Wildman–Crippen MR) is 67.9 cm³/mol. The van der Waals surface area contributed by atoms with E-state index < -0.39 is 6.03 Å². The van der Waals surface area contributed by atoms with E-state index in [1.165, 1.54) is 0 Å². The molecule has 0 aliphatic carbocycles. The van der Waals surface area contributed by atoms with Crippen LogP contribution in [-0.4, -0.2) is 77.1 Å². The maximum absolute atomic E-state index is 10.3. The van der Waals surface area contributed by atoms with Gasteiger partial charge in [-0.05, 0) is 0 Å². The van der Waals surface area contributed by atoms with Crippen LogP contribution >= 0.6 is 0 Å².